The smallest absolute Gasteiger partial charge is 0.418 e. The number of fused-ring (bicyclic) bond motifs is 1. The summed E-state index contributed by atoms with van der Waals surface area (Å²) in [7, 11) is 4.09. The zero-order chi connectivity index (χ0) is 13.8. The zero-order valence-electron chi connectivity index (χ0n) is 11.7. The third-order valence-electron chi connectivity index (χ3n) is 3.09. The highest BCUT2D eigenvalue weighted by Crippen LogP contribution is 2.22. The Kier molecular flexibility index (Phi) is 4.22. The lowest BCUT2D eigenvalue weighted by Gasteiger charge is -2.07. The Labute approximate surface area is 113 Å². The fourth-order valence-corrected chi connectivity index (χ4v) is 2.14. The summed E-state index contributed by atoms with van der Waals surface area (Å²) >= 11 is 0. The van der Waals surface area contributed by atoms with Crippen LogP contribution in [0.25, 0.3) is 10.9 Å². The van der Waals surface area contributed by atoms with Crippen LogP contribution >= 0.6 is 0 Å². The molecule has 0 amide bonds. The molecule has 0 bridgehead atoms. The Hall–Kier alpha value is -1.81. The van der Waals surface area contributed by atoms with E-state index in [0.29, 0.717) is 6.61 Å². The van der Waals surface area contributed by atoms with Crippen molar-refractivity contribution in [3.8, 4) is 0 Å². The molecule has 0 aliphatic carbocycles. The van der Waals surface area contributed by atoms with Crippen LogP contribution in [0.3, 0.4) is 0 Å². The molecule has 0 aliphatic heterocycles. The molecule has 0 saturated heterocycles. The minimum absolute atomic E-state index is 0.310. The molecule has 0 spiro atoms. The van der Waals surface area contributed by atoms with Crippen molar-refractivity contribution >= 4 is 17.0 Å². The van der Waals surface area contributed by atoms with Gasteiger partial charge in [-0.25, -0.2) is 4.79 Å². The second kappa shape index (κ2) is 5.89. The number of nitrogens with zero attached hydrogens (tertiary/aromatic N) is 2. The van der Waals surface area contributed by atoms with Crippen molar-refractivity contribution in [3.63, 3.8) is 0 Å². The van der Waals surface area contributed by atoms with Crippen molar-refractivity contribution in [2.24, 2.45) is 0 Å². The minimum atomic E-state index is -0.310. The second-order valence-corrected chi connectivity index (χ2v) is 4.79. The Morgan fingerprint density at radius 3 is 2.74 bits per heavy atom. The lowest BCUT2D eigenvalue weighted by atomic mass is 10.1. The van der Waals surface area contributed by atoms with Gasteiger partial charge >= 0.3 is 6.09 Å². The molecule has 2 rings (SSSR count). The normalized spacial score (nSPS) is 11.2. The first-order valence-corrected chi connectivity index (χ1v) is 6.54. The van der Waals surface area contributed by atoms with Crippen LogP contribution in [0.2, 0.25) is 0 Å². The van der Waals surface area contributed by atoms with Crippen LogP contribution in [0, 0.1) is 0 Å². The zero-order valence-corrected chi connectivity index (χ0v) is 11.7. The van der Waals surface area contributed by atoms with Crippen molar-refractivity contribution in [3.05, 3.63) is 36.0 Å². The summed E-state index contributed by atoms with van der Waals surface area (Å²) < 4.78 is 6.69. The van der Waals surface area contributed by atoms with Crippen LogP contribution in [0.5, 0.6) is 0 Å². The van der Waals surface area contributed by atoms with Gasteiger partial charge in [-0.3, -0.25) is 4.57 Å². The first-order valence-electron chi connectivity index (χ1n) is 6.54. The number of aromatic nitrogens is 1. The highest BCUT2D eigenvalue weighted by molar-refractivity contribution is 5.91. The van der Waals surface area contributed by atoms with Gasteiger partial charge in [0.2, 0.25) is 0 Å². The van der Waals surface area contributed by atoms with Crippen molar-refractivity contribution < 1.29 is 9.53 Å². The molecule has 0 N–H and O–H groups in total. The Balaban J connectivity index is 2.39. The van der Waals surface area contributed by atoms with Crippen LogP contribution in [0.1, 0.15) is 12.5 Å². The summed E-state index contributed by atoms with van der Waals surface area (Å²) in [6.45, 7) is 3.16. The van der Waals surface area contributed by atoms with Gasteiger partial charge in [-0.1, -0.05) is 18.2 Å². The van der Waals surface area contributed by atoms with Crippen molar-refractivity contribution in [1.82, 2.24) is 9.47 Å². The predicted molar refractivity (Wildman–Crippen MR) is 76.6 cm³/mol. The van der Waals surface area contributed by atoms with Gasteiger partial charge in [-0.15, -0.1) is 0 Å². The number of carbonyl (C=O) groups is 1. The lowest BCUT2D eigenvalue weighted by molar-refractivity contribution is 0.155. The maximum absolute atomic E-state index is 11.9. The van der Waals surface area contributed by atoms with Crippen molar-refractivity contribution in [2.75, 3.05) is 27.2 Å². The Bertz CT molecular complexity index is 573. The highest BCUT2D eigenvalue weighted by atomic mass is 16.5. The number of benzene rings is 1. The predicted octanol–water partition coefficient (Wildman–Crippen LogP) is 2.75. The molecule has 19 heavy (non-hydrogen) atoms. The van der Waals surface area contributed by atoms with E-state index < -0.39 is 0 Å². The van der Waals surface area contributed by atoms with Gasteiger partial charge in [-0.2, -0.15) is 0 Å². The number of likely N-dealkylation sites (N-methyl/N-ethyl adjacent to an activating group) is 1. The second-order valence-electron chi connectivity index (χ2n) is 4.79. The largest absolute Gasteiger partial charge is 0.449 e. The molecular weight excluding hydrogens is 240 g/mol. The molecule has 2 aromatic rings. The molecule has 1 aromatic carbocycles. The summed E-state index contributed by atoms with van der Waals surface area (Å²) in [5, 5.41) is 1.12. The number of ether oxygens (including phenoxy) is 1. The van der Waals surface area contributed by atoms with E-state index in [1.807, 2.05) is 45.4 Å². The fraction of sp³-hybridized carbons (Fsp3) is 0.400. The van der Waals surface area contributed by atoms with E-state index >= 15 is 0 Å². The molecule has 4 heteroatoms. The molecule has 0 radical (unpaired) electrons. The maximum Gasteiger partial charge on any atom is 0.418 e. The van der Waals surface area contributed by atoms with E-state index in [-0.39, 0.29) is 6.09 Å². The van der Waals surface area contributed by atoms with E-state index in [4.69, 9.17) is 4.74 Å². The Morgan fingerprint density at radius 2 is 2.05 bits per heavy atom. The molecule has 0 unspecified atom stereocenters. The van der Waals surface area contributed by atoms with E-state index in [2.05, 4.69) is 11.0 Å². The molecule has 0 atom stereocenters. The molecule has 4 nitrogen and oxygen atoms in total. The molecule has 102 valence electrons. The van der Waals surface area contributed by atoms with E-state index in [0.717, 1.165) is 23.9 Å². The van der Waals surface area contributed by atoms with Crippen LogP contribution in [-0.2, 0) is 11.2 Å². The topological polar surface area (TPSA) is 34.5 Å². The van der Waals surface area contributed by atoms with Crippen LogP contribution in [-0.4, -0.2) is 42.8 Å². The van der Waals surface area contributed by atoms with Crippen molar-refractivity contribution in [2.45, 2.75) is 13.3 Å². The first kappa shape index (κ1) is 13.6. The summed E-state index contributed by atoms with van der Waals surface area (Å²) in [6.07, 6.45) is 2.50. The van der Waals surface area contributed by atoms with Gasteiger partial charge in [0.05, 0.1) is 12.1 Å². The molecular formula is C15H20N2O2. The first-order chi connectivity index (χ1) is 9.13. The van der Waals surface area contributed by atoms with Gasteiger partial charge in [0.25, 0.3) is 0 Å². The number of hydrogen-bond donors (Lipinski definition) is 0. The lowest BCUT2D eigenvalue weighted by Crippen LogP contribution is -2.15. The van der Waals surface area contributed by atoms with Crippen molar-refractivity contribution in [1.29, 1.82) is 0 Å². The van der Waals surface area contributed by atoms with Crippen LogP contribution < -0.4 is 0 Å². The number of carbonyl (C=O) groups excluding carboxylic acids is 1. The van der Waals surface area contributed by atoms with Gasteiger partial charge in [0.15, 0.2) is 0 Å². The monoisotopic (exact) mass is 260 g/mol. The third kappa shape index (κ3) is 2.96. The van der Waals surface area contributed by atoms with Crippen LogP contribution in [0.4, 0.5) is 4.79 Å². The van der Waals surface area contributed by atoms with Gasteiger partial charge in [-0.05, 0) is 39.1 Å². The molecule has 0 aliphatic rings. The van der Waals surface area contributed by atoms with Gasteiger partial charge in [0, 0.05) is 18.1 Å². The van der Waals surface area contributed by atoms with Gasteiger partial charge < -0.3 is 9.64 Å². The molecule has 0 saturated carbocycles. The fourth-order valence-electron chi connectivity index (χ4n) is 2.14. The Morgan fingerprint density at radius 1 is 1.32 bits per heavy atom. The SMILES string of the molecule is CCOC(=O)n1cc(CCN(C)C)c2ccccc21. The number of rotatable bonds is 4. The van der Waals surface area contributed by atoms with E-state index in [1.165, 1.54) is 5.56 Å². The van der Waals surface area contributed by atoms with Gasteiger partial charge in [0.1, 0.15) is 0 Å². The summed E-state index contributed by atoms with van der Waals surface area (Å²) in [4.78, 5) is 14.1. The molecule has 1 aromatic heterocycles. The molecule has 1 heterocycles. The highest BCUT2D eigenvalue weighted by Gasteiger charge is 2.13. The average molecular weight is 260 g/mol. The number of para-hydroxylation sites is 1. The van der Waals surface area contributed by atoms with Crippen LogP contribution in [0.15, 0.2) is 30.5 Å². The quantitative estimate of drug-likeness (QED) is 0.847. The minimum Gasteiger partial charge on any atom is -0.449 e. The standard InChI is InChI=1S/C15H20N2O2/c1-4-19-15(18)17-11-12(9-10-16(2)3)13-7-5-6-8-14(13)17/h5-8,11H,4,9-10H2,1-3H3. The summed E-state index contributed by atoms with van der Waals surface area (Å²) in [5.74, 6) is 0. The third-order valence-corrected chi connectivity index (χ3v) is 3.09. The maximum atomic E-state index is 11.9. The summed E-state index contributed by atoms with van der Waals surface area (Å²) in [6, 6.07) is 7.94. The number of hydrogen-bond acceptors (Lipinski definition) is 3. The summed E-state index contributed by atoms with van der Waals surface area (Å²) in [5.41, 5.74) is 2.09. The van der Waals surface area contributed by atoms with E-state index in [9.17, 15) is 4.79 Å². The van der Waals surface area contributed by atoms with E-state index in [1.54, 1.807) is 4.57 Å². The average Bonchev–Trinajstić information content (AvgIpc) is 2.76. The molecule has 0 fully saturated rings.